The Balaban J connectivity index is 2.07. The molecule has 2 rings (SSSR count). The van der Waals surface area contributed by atoms with Crippen LogP contribution in [0.25, 0.3) is 0 Å². The summed E-state index contributed by atoms with van der Waals surface area (Å²) < 4.78 is 1.00. The van der Waals surface area contributed by atoms with Gasteiger partial charge in [-0.05, 0) is 56.5 Å². The zero-order chi connectivity index (χ0) is 16.3. The van der Waals surface area contributed by atoms with Crippen molar-refractivity contribution in [2.45, 2.75) is 33.7 Å². The van der Waals surface area contributed by atoms with E-state index in [1.165, 1.54) is 5.56 Å². The highest BCUT2D eigenvalue weighted by atomic mass is 79.9. The number of nitrogens with one attached hydrogen (secondary N) is 2. The zero-order valence-electron chi connectivity index (χ0n) is 13.3. The Kier molecular flexibility index (Phi) is 5.24. The Bertz CT molecular complexity index is 674. The second kappa shape index (κ2) is 6.97. The first kappa shape index (κ1) is 16.6. The van der Waals surface area contributed by atoms with Crippen molar-refractivity contribution >= 4 is 27.6 Å². The fourth-order valence-corrected chi connectivity index (χ4v) is 3.00. The zero-order valence-corrected chi connectivity index (χ0v) is 14.9. The molecule has 1 unspecified atom stereocenters. The van der Waals surface area contributed by atoms with E-state index in [0.717, 1.165) is 26.9 Å². The molecular formula is C18H21BrN2O. The third kappa shape index (κ3) is 4.10. The van der Waals surface area contributed by atoms with Gasteiger partial charge in [-0.1, -0.05) is 45.8 Å². The summed E-state index contributed by atoms with van der Waals surface area (Å²) in [6.45, 7) is 8.04. The topological polar surface area (TPSA) is 41.1 Å². The Hall–Kier alpha value is -1.81. The Morgan fingerprint density at radius 1 is 1.09 bits per heavy atom. The van der Waals surface area contributed by atoms with Crippen LogP contribution in [0.1, 0.15) is 35.2 Å². The quantitative estimate of drug-likeness (QED) is 0.770. The van der Waals surface area contributed by atoms with E-state index in [1.807, 2.05) is 45.0 Å². The molecule has 3 nitrogen and oxygen atoms in total. The summed E-state index contributed by atoms with van der Waals surface area (Å²) >= 11 is 3.45. The number of benzene rings is 2. The number of rotatable bonds is 3. The molecule has 0 saturated heterocycles. The number of anilines is 1. The highest BCUT2D eigenvalue weighted by Gasteiger charge is 2.12. The van der Waals surface area contributed by atoms with Crippen LogP contribution in [-0.2, 0) is 0 Å². The minimum atomic E-state index is -0.192. The van der Waals surface area contributed by atoms with Crippen LogP contribution in [0.5, 0.6) is 0 Å². The third-order valence-electron chi connectivity index (χ3n) is 3.61. The average molecular weight is 361 g/mol. The third-order valence-corrected chi connectivity index (χ3v) is 4.11. The summed E-state index contributed by atoms with van der Waals surface area (Å²) in [6.07, 6.45) is 0. The first-order valence-corrected chi connectivity index (χ1v) is 8.07. The molecule has 22 heavy (non-hydrogen) atoms. The van der Waals surface area contributed by atoms with Gasteiger partial charge in [-0.15, -0.1) is 0 Å². The van der Waals surface area contributed by atoms with Crippen molar-refractivity contribution in [2.75, 3.05) is 5.32 Å². The lowest BCUT2D eigenvalue weighted by atomic mass is 10.1. The molecule has 0 aliphatic heterocycles. The minimum Gasteiger partial charge on any atom is -0.331 e. The molecule has 0 aliphatic rings. The van der Waals surface area contributed by atoms with Gasteiger partial charge in [-0.25, -0.2) is 4.79 Å². The van der Waals surface area contributed by atoms with E-state index in [9.17, 15) is 4.79 Å². The van der Waals surface area contributed by atoms with E-state index in [-0.39, 0.29) is 12.1 Å². The number of hydrogen-bond acceptors (Lipinski definition) is 1. The number of amides is 2. The van der Waals surface area contributed by atoms with E-state index < -0.39 is 0 Å². The van der Waals surface area contributed by atoms with Crippen LogP contribution in [-0.4, -0.2) is 6.03 Å². The molecule has 2 aromatic carbocycles. The number of halogens is 1. The van der Waals surface area contributed by atoms with Crippen molar-refractivity contribution in [1.82, 2.24) is 5.32 Å². The number of hydrogen-bond donors (Lipinski definition) is 2. The molecule has 0 radical (unpaired) electrons. The van der Waals surface area contributed by atoms with E-state index >= 15 is 0 Å². The highest BCUT2D eigenvalue weighted by molar-refractivity contribution is 9.10. The summed E-state index contributed by atoms with van der Waals surface area (Å²) in [5.74, 6) is 0. The van der Waals surface area contributed by atoms with E-state index in [1.54, 1.807) is 0 Å². The Labute approximate surface area is 140 Å². The molecular weight excluding hydrogens is 340 g/mol. The molecule has 0 aliphatic carbocycles. The van der Waals surface area contributed by atoms with Gasteiger partial charge in [0.2, 0.25) is 0 Å². The number of carbonyl (C=O) groups is 1. The molecule has 4 heteroatoms. The second-order valence-electron chi connectivity index (χ2n) is 5.65. The summed E-state index contributed by atoms with van der Waals surface area (Å²) in [6, 6.07) is 11.8. The van der Waals surface area contributed by atoms with Gasteiger partial charge < -0.3 is 10.6 Å². The summed E-state index contributed by atoms with van der Waals surface area (Å²) in [4.78, 5) is 12.2. The number of carbonyl (C=O) groups excluding carboxylic acids is 1. The minimum absolute atomic E-state index is 0.0661. The predicted octanol–water partition coefficient (Wildman–Crippen LogP) is 5.26. The first-order chi connectivity index (χ1) is 10.4. The molecule has 2 N–H and O–H groups in total. The van der Waals surface area contributed by atoms with Gasteiger partial charge in [0.15, 0.2) is 0 Å². The van der Waals surface area contributed by atoms with Gasteiger partial charge in [-0.2, -0.15) is 0 Å². The van der Waals surface area contributed by atoms with Crippen LogP contribution in [0.3, 0.4) is 0 Å². The van der Waals surface area contributed by atoms with Gasteiger partial charge in [0.05, 0.1) is 6.04 Å². The normalized spacial score (nSPS) is 11.9. The van der Waals surface area contributed by atoms with Crippen LogP contribution in [0.4, 0.5) is 10.5 Å². The lowest BCUT2D eigenvalue weighted by molar-refractivity contribution is 0.249. The molecule has 0 bridgehead atoms. The molecule has 2 amide bonds. The average Bonchev–Trinajstić information content (AvgIpc) is 2.42. The van der Waals surface area contributed by atoms with Gasteiger partial charge in [0.1, 0.15) is 0 Å². The Morgan fingerprint density at radius 3 is 2.32 bits per heavy atom. The van der Waals surface area contributed by atoms with Crippen molar-refractivity contribution in [3.63, 3.8) is 0 Å². The lowest BCUT2D eigenvalue weighted by Crippen LogP contribution is -2.31. The van der Waals surface area contributed by atoms with E-state index in [2.05, 4.69) is 45.6 Å². The van der Waals surface area contributed by atoms with Crippen molar-refractivity contribution in [1.29, 1.82) is 0 Å². The van der Waals surface area contributed by atoms with Gasteiger partial charge in [0.25, 0.3) is 0 Å². The number of urea groups is 1. The van der Waals surface area contributed by atoms with Gasteiger partial charge in [-0.3, -0.25) is 0 Å². The van der Waals surface area contributed by atoms with E-state index in [4.69, 9.17) is 0 Å². The van der Waals surface area contributed by atoms with Crippen molar-refractivity contribution in [2.24, 2.45) is 0 Å². The maximum absolute atomic E-state index is 12.2. The molecule has 0 aromatic heterocycles. The molecule has 0 fully saturated rings. The SMILES string of the molecule is Cc1cc(C)c(NC(=O)NC(C)c2cccc(Br)c2)c(C)c1. The summed E-state index contributed by atoms with van der Waals surface area (Å²) in [7, 11) is 0. The maximum atomic E-state index is 12.2. The van der Waals surface area contributed by atoms with Crippen LogP contribution in [0.2, 0.25) is 0 Å². The standard InChI is InChI=1S/C18H21BrN2O/c1-11-8-12(2)17(13(3)9-11)21-18(22)20-14(4)15-6-5-7-16(19)10-15/h5-10,14H,1-4H3,(H2,20,21,22). The monoisotopic (exact) mass is 360 g/mol. The van der Waals surface area contributed by atoms with Crippen molar-refractivity contribution in [3.8, 4) is 0 Å². The summed E-state index contributed by atoms with van der Waals surface area (Å²) in [5, 5.41) is 5.93. The van der Waals surface area contributed by atoms with Crippen molar-refractivity contribution in [3.05, 3.63) is 63.1 Å². The fraction of sp³-hybridized carbons (Fsp3) is 0.278. The largest absolute Gasteiger partial charge is 0.331 e. The fourth-order valence-electron chi connectivity index (χ4n) is 2.58. The number of aryl methyl sites for hydroxylation is 3. The van der Waals surface area contributed by atoms with Crippen LogP contribution >= 0.6 is 15.9 Å². The molecule has 0 spiro atoms. The van der Waals surface area contributed by atoms with Crippen LogP contribution in [0, 0.1) is 20.8 Å². The molecule has 0 saturated carbocycles. The molecule has 2 aromatic rings. The molecule has 0 heterocycles. The van der Waals surface area contributed by atoms with Crippen LogP contribution < -0.4 is 10.6 Å². The van der Waals surface area contributed by atoms with Crippen molar-refractivity contribution < 1.29 is 4.79 Å². The Morgan fingerprint density at radius 2 is 1.73 bits per heavy atom. The molecule has 116 valence electrons. The van der Waals surface area contributed by atoms with E-state index in [0.29, 0.717) is 0 Å². The smallest absolute Gasteiger partial charge is 0.319 e. The lowest BCUT2D eigenvalue weighted by Gasteiger charge is -2.17. The highest BCUT2D eigenvalue weighted by Crippen LogP contribution is 2.22. The molecule has 1 atom stereocenters. The van der Waals surface area contributed by atoms with Crippen LogP contribution in [0.15, 0.2) is 40.9 Å². The maximum Gasteiger partial charge on any atom is 0.319 e. The predicted molar refractivity (Wildman–Crippen MR) is 95.4 cm³/mol. The second-order valence-corrected chi connectivity index (χ2v) is 6.56. The first-order valence-electron chi connectivity index (χ1n) is 7.27. The van der Waals surface area contributed by atoms with Gasteiger partial charge in [0, 0.05) is 10.2 Å². The summed E-state index contributed by atoms with van der Waals surface area (Å²) in [5.41, 5.74) is 5.28. The van der Waals surface area contributed by atoms with Gasteiger partial charge >= 0.3 is 6.03 Å².